The van der Waals surface area contributed by atoms with Crippen LogP contribution in [0.2, 0.25) is 0 Å². The summed E-state index contributed by atoms with van der Waals surface area (Å²) >= 11 is 0. The third kappa shape index (κ3) is 1.54. The molecule has 0 saturated heterocycles. The van der Waals surface area contributed by atoms with Gasteiger partial charge in [0.05, 0.1) is 6.54 Å². The van der Waals surface area contributed by atoms with Crippen molar-refractivity contribution in [2.24, 2.45) is 0 Å². The molecule has 0 N–H and O–H groups in total. The number of carbonyl (C=O) groups excluding carboxylic acids is 1. The van der Waals surface area contributed by atoms with Crippen LogP contribution in [0, 0.1) is 6.92 Å². The second-order valence-electron chi connectivity index (χ2n) is 2.77. The van der Waals surface area contributed by atoms with E-state index >= 15 is 0 Å². The molecule has 0 aliphatic carbocycles. The molecular formula is C8H8N4O2. The molecule has 14 heavy (non-hydrogen) atoms. The second-order valence-corrected chi connectivity index (χ2v) is 2.77. The van der Waals surface area contributed by atoms with Crippen molar-refractivity contribution in [2.75, 3.05) is 0 Å². The highest BCUT2D eigenvalue weighted by Gasteiger charge is 2.06. The highest BCUT2D eigenvalue weighted by molar-refractivity contribution is 5.66. The molecule has 0 amide bonds. The molecule has 0 aliphatic rings. The maximum absolute atomic E-state index is 10.3. The van der Waals surface area contributed by atoms with Crippen molar-refractivity contribution in [3.8, 4) is 0 Å². The van der Waals surface area contributed by atoms with Crippen molar-refractivity contribution in [3.05, 3.63) is 29.9 Å². The number of aldehydes is 1. The lowest BCUT2D eigenvalue weighted by atomic mass is 10.5. The van der Waals surface area contributed by atoms with Gasteiger partial charge in [-0.25, -0.2) is 4.98 Å². The van der Waals surface area contributed by atoms with Crippen LogP contribution >= 0.6 is 0 Å². The van der Waals surface area contributed by atoms with E-state index in [2.05, 4.69) is 19.6 Å². The topological polar surface area (TPSA) is 73.8 Å². The van der Waals surface area contributed by atoms with Crippen molar-refractivity contribution >= 4 is 6.29 Å². The smallest absolute Gasteiger partial charge is 0.290 e. The first kappa shape index (κ1) is 8.61. The van der Waals surface area contributed by atoms with Gasteiger partial charge in [0.25, 0.3) is 5.89 Å². The summed E-state index contributed by atoms with van der Waals surface area (Å²) in [6.45, 7) is 2.34. The number of carbonyl (C=O) groups is 1. The van der Waals surface area contributed by atoms with E-state index < -0.39 is 0 Å². The zero-order valence-corrected chi connectivity index (χ0v) is 7.54. The Morgan fingerprint density at radius 1 is 1.64 bits per heavy atom. The van der Waals surface area contributed by atoms with E-state index in [-0.39, 0.29) is 5.89 Å². The summed E-state index contributed by atoms with van der Waals surface area (Å²) in [7, 11) is 0. The lowest BCUT2D eigenvalue weighted by molar-refractivity contribution is 0.108. The second kappa shape index (κ2) is 3.41. The quantitative estimate of drug-likeness (QED) is 0.659. The van der Waals surface area contributed by atoms with Gasteiger partial charge in [0.1, 0.15) is 5.82 Å². The minimum absolute atomic E-state index is 0.00207. The maximum Gasteiger partial charge on any atom is 0.290 e. The fourth-order valence-corrected chi connectivity index (χ4v) is 1.10. The van der Waals surface area contributed by atoms with Crippen LogP contribution in [-0.4, -0.2) is 26.0 Å². The van der Waals surface area contributed by atoms with Crippen molar-refractivity contribution in [3.63, 3.8) is 0 Å². The predicted octanol–water partition coefficient (Wildman–Crippen LogP) is 0.435. The molecular weight excluding hydrogens is 184 g/mol. The normalized spacial score (nSPS) is 10.4. The monoisotopic (exact) mass is 192 g/mol. The molecule has 2 aromatic rings. The van der Waals surface area contributed by atoms with Crippen LogP contribution in [-0.2, 0) is 6.54 Å². The Morgan fingerprint density at radius 2 is 2.50 bits per heavy atom. The zero-order valence-electron chi connectivity index (χ0n) is 7.54. The third-order valence-corrected chi connectivity index (χ3v) is 1.82. The molecule has 0 radical (unpaired) electrons. The molecule has 0 fully saturated rings. The van der Waals surface area contributed by atoms with Gasteiger partial charge in [-0.05, 0) is 6.92 Å². The molecule has 0 aromatic carbocycles. The van der Waals surface area contributed by atoms with Crippen molar-refractivity contribution in [1.82, 2.24) is 19.7 Å². The zero-order chi connectivity index (χ0) is 9.97. The number of imidazole rings is 1. The molecule has 0 spiro atoms. The predicted molar refractivity (Wildman–Crippen MR) is 45.8 cm³/mol. The first-order chi connectivity index (χ1) is 6.79. The van der Waals surface area contributed by atoms with Crippen molar-refractivity contribution in [2.45, 2.75) is 13.5 Å². The van der Waals surface area contributed by atoms with Gasteiger partial charge in [-0.1, -0.05) is 5.16 Å². The lowest BCUT2D eigenvalue weighted by Crippen LogP contribution is -2.02. The Labute approximate surface area is 79.6 Å². The van der Waals surface area contributed by atoms with Crippen LogP contribution in [0.1, 0.15) is 22.3 Å². The summed E-state index contributed by atoms with van der Waals surface area (Å²) < 4.78 is 6.50. The Balaban J connectivity index is 2.18. The summed E-state index contributed by atoms with van der Waals surface area (Å²) in [6, 6.07) is 0. The van der Waals surface area contributed by atoms with Gasteiger partial charge in [-0.2, -0.15) is 4.98 Å². The van der Waals surface area contributed by atoms with E-state index in [1.54, 1.807) is 6.20 Å². The van der Waals surface area contributed by atoms with Crippen LogP contribution in [0.4, 0.5) is 0 Å². The molecule has 0 aliphatic heterocycles. The van der Waals surface area contributed by atoms with Crippen molar-refractivity contribution in [1.29, 1.82) is 0 Å². The average molecular weight is 192 g/mol. The lowest BCUT2D eigenvalue weighted by Gasteiger charge is -1.98. The first-order valence-corrected chi connectivity index (χ1v) is 4.05. The van der Waals surface area contributed by atoms with E-state index in [4.69, 9.17) is 0 Å². The Hall–Kier alpha value is -1.98. The van der Waals surface area contributed by atoms with Gasteiger partial charge in [0, 0.05) is 12.4 Å². The highest BCUT2D eigenvalue weighted by atomic mass is 16.5. The first-order valence-electron chi connectivity index (χ1n) is 4.05. The number of rotatable bonds is 3. The maximum atomic E-state index is 10.3. The molecule has 2 aromatic heterocycles. The van der Waals surface area contributed by atoms with E-state index in [9.17, 15) is 4.79 Å². The molecule has 72 valence electrons. The molecule has 0 unspecified atom stereocenters. The Morgan fingerprint density at radius 3 is 3.07 bits per heavy atom. The summed E-state index contributed by atoms with van der Waals surface area (Å²) in [5.74, 6) is 1.33. The summed E-state index contributed by atoms with van der Waals surface area (Å²) in [5.41, 5.74) is 0. The van der Waals surface area contributed by atoms with Gasteiger partial charge in [-0.15, -0.1) is 0 Å². The molecule has 0 atom stereocenters. The summed E-state index contributed by atoms with van der Waals surface area (Å²) in [5, 5.41) is 3.64. The molecule has 2 heterocycles. The molecule has 0 bridgehead atoms. The fraction of sp³-hybridized carbons (Fsp3) is 0.250. The van der Waals surface area contributed by atoms with E-state index in [0.29, 0.717) is 18.7 Å². The highest BCUT2D eigenvalue weighted by Crippen LogP contribution is 2.01. The number of aryl methyl sites for hydroxylation is 1. The van der Waals surface area contributed by atoms with Gasteiger partial charge in [0.15, 0.2) is 5.82 Å². The Kier molecular flexibility index (Phi) is 2.10. The molecule has 0 saturated carbocycles. The van der Waals surface area contributed by atoms with Crippen molar-refractivity contribution < 1.29 is 9.32 Å². The fourth-order valence-electron chi connectivity index (χ4n) is 1.10. The number of hydrogen-bond acceptors (Lipinski definition) is 5. The van der Waals surface area contributed by atoms with E-state index in [0.717, 1.165) is 5.82 Å². The van der Waals surface area contributed by atoms with Crippen LogP contribution in [0.3, 0.4) is 0 Å². The summed E-state index contributed by atoms with van der Waals surface area (Å²) in [6.07, 6.45) is 4.03. The van der Waals surface area contributed by atoms with Gasteiger partial charge in [-0.3, -0.25) is 4.79 Å². The van der Waals surface area contributed by atoms with Crippen LogP contribution < -0.4 is 0 Å². The van der Waals surface area contributed by atoms with E-state index in [1.807, 2.05) is 17.7 Å². The molecule has 6 nitrogen and oxygen atoms in total. The van der Waals surface area contributed by atoms with Crippen LogP contribution in [0.15, 0.2) is 16.9 Å². The molecule has 2 rings (SSSR count). The van der Waals surface area contributed by atoms with Gasteiger partial charge >= 0.3 is 0 Å². The number of nitrogens with zero attached hydrogens (tertiary/aromatic N) is 4. The standard InChI is InChI=1S/C8H8N4O2/c1-6-9-2-3-12(6)4-7-10-8(5-13)14-11-7/h2-3,5H,4H2,1H3. The minimum atomic E-state index is -0.00207. The number of hydrogen-bond donors (Lipinski definition) is 0. The third-order valence-electron chi connectivity index (χ3n) is 1.82. The van der Waals surface area contributed by atoms with Crippen LogP contribution in [0.25, 0.3) is 0 Å². The van der Waals surface area contributed by atoms with Gasteiger partial charge in [0.2, 0.25) is 6.29 Å². The Bertz CT molecular complexity index is 446. The molecule has 6 heteroatoms. The minimum Gasteiger partial charge on any atom is -0.331 e. The van der Waals surface area contributed by atoms with Gasteiger partial charge < -0.3 is 9.09 Å². The largest absolute Gasteiger partial charge is 0.331 e. The summed E-state index contributed by atoms with van der Waals surface area (Å²) in [4.78, 5) is 18.2. The SMILES string of the molecule is Cc1nccn1Cc1noc(C=O)n1. The average Bonchev–Trinajstić information content (AvgIpc) is 2.77. The number of aromatic nitrogens is 4. The van der Waals surface area contributed by atoms with E-state index in [1.165, 1.54) is 0 Å². The van der Waals surface area contributed by atoms with Crippen LogP contribution in [0.5, 0.6) is 0 Å².